The van der Waals surface area contributed by atoms with Gasteiger partial charge < -0.3 is 10.1 Å². The van der Waals surface area contributed by atoms with Crippen LogP contribution in [-0.4, -0.2) is 36.8 Å². The summed E-state index contributed by atoms with van der Waals surface area (Å²) in [5.41, 5.74) is 5.84. The molecule has 8 heteroatoms. The normalized spacial score (nSPS) is 11.5. The predicted octanol–water partition coefficient (Wildman–Crippen LogP) is 6.08. The zero-order valence-electron chi connectivity index (χ0n) is 21.2. The molecule has 186 valence electrons. The van der Waals surface area contributed by atoms with Crippen LogP contribution in [-0.2, 0) is 11.3 Å². The van der Waals surface area contributed by atoms with E-state index in [4.69, 9.17) is 9.72 Å². The van der Waals surface area contributed by atoms with Crippen LogP contribution in [0.5, 0.6) is 0 Å². The van der Waals surface area contributed by atoms with Gasteiger partial charge in [-0.1, -0.05) is 54.6 Å². The number of pyridine rings is 2. The number of benzene rings is 2. The van der Waals surface area contributed by atoms with Crippen molar-refractivity contribution in [2.75, 3.05) is 0 Å². The number of alkyl carbamates (subject to hydrolysis) is 1. The van der Waals surface area contributed by atoms with Gasteiger partial charge in [0.15, 0.2) is 5.82 Å². The molecule has 1 amide bonds. The number of H-pyrrole nitrogens is 1. The number of hydrogen-bond donors (Lipinski definition) is 2. The molecule has 2 N–H and O–H groups in total. The van der Waals surface area contributed by atoms with Gasteiger partial charge >= 0.3 is 6.09 Å². The van der Waals surface area contributed by atoms with Gasteiger partial charge in [-0.3, -0.25) is 10.1 Å². The van der Waals surface area contributed by atoms with Crippen LogP contribution in [0.4, 0.5) is 4.79 Å². The number of nitrogens with zero attached hydrogens (tertiary/aromatic N) is 4. The maximum Gasteiger partial charge on any atom is 0.407 e. The Morgan fingerprint density at radius 3 is 2.38 bits per heavy atom. The fraction of sp³-hybridized carbons (Fsp3) is 0.207. The van der Waals surface area contributed by atoms with E-state index in [1.807, 2.05) is 76.2 Å². The van der Waals surface area contributed by atoms with Crippen molar-refractivity contribution in [2.24, 2.45) is 0 Å². The maximum atomic E-state index is 12.0. The molecule has 0 spiro atoms. The molecule has 0 aliphatic heterocycles. The Balaban J connectivity index is 1.53. The number of aryl methyl sites for hydroxylation is 1. The van der Waals surface area contributed by atoms with E-state index in [0.29, 0.717) is 11.5 Å². The average Bonchev–Trinajstić information content (AvgIpc) is 3.32. The molecule has 0 aliphatic rings. The number of nitrogens with one attached hydrogen (secondary N) is 2. The predicted molar refractivity (Wildman–Crippen MR) is 144 cm³/mol. The van der Waals surface area contributed by atoms with Crippen LogP contribution >= 0.6 is 0 Å². The van der Waals surface area contributed by atoms with Crippen LogP contribution in [0.2, 0.25) is 0 Å². The molecule has 0 radical (unpaired) electrons. The highest BCUT2D eigenvalue weighted by molar-refractivity contribution is 5.97. The highest BCUT2D eigenvalue weighted by Gasteiger charge is 2.17. The number of carbonyl (C=O) groups excluding carboxylic acids is 1. The fourth-order valence-corrected chi connectivity index (χ4v) is 4.03. The van der Waals surface area contributed by atoms with Crippen LogP contribution < -0.4 is 5.32 Å². The number of fused-ring (bicyclic) bond motifs is 1. The van der Waals surface area contributed by atoms with Crippen LogP contribution in [0, 0.1) is 6.92 Å². The summed E-state index contributed by atoms with van der Waals surface area (Å²) in [7, 11) is 0. The summed E-state index contributed by atoms with van der Waals surface area (Å²) < 4.78 is 5.37. The Kier molecular flexibility index (Phi) is 6.40. The molecule has 5 aromatic rings. The lowest BCUT2D eigenvalue weighted by Gasteiger charge is -2.20. The lowest BCUT2D eigenvalue weighted by Crippen LogP contribution is -2.40. The van der Waals surface area contributed by atoms with Gasteiger partial charge in [0, 0.05) is 28.2 Å². The number of aromatic amines is 1. The summed E-state index contributed by atoms with van der Waals surface area (Å²) in [6, 6.07) is 22.1. The standard InChI is InChI=1S/C29H28N6O2/c1-18-31-27(35-34-18)26-23-16-22(20-8-6-5-7-9-20)25(32-24(23)14-15-30-26)21-12-10-19(11-13-21)17-37-28(36)33-29(2,3)4/h5-16H,17H2,1-4H3,(H,33,36)(H,31,34,35). The molecule has 0 aliphatic carbocycles. The molecule has 0 fully saturated rings. The molecule has 3 heterocycles. The van der Waals surface area contributed by atoms with E-state index in [9.17, 15) is 4.79 Å². The third-order valence-corrected chi connectivity index (χ3v) is 5.71. The van der Waals surface area contributed by atoms with Crippen LogP contribution in [0.15, 0.2) is 72.9 Å². The number of hydrogen-bond acceptors (Lipinski definition) is 6. The molecular weight excluding hydrogens is 464 g/mol. The second-order valence-corrected chi connectivity index (χ2v) is 9.87. The first kappa shape index (κ1) is 24.1. The molecule has 3 aromatic heterocycles. The highest BCUT2D eigenvalue weighted by Crippen LogP contribution is 2.35. The average molecular weight is 493 g/mol. The SMILES string of the molecule is Cc1nc(-c2nccc3nc(-c4ccc(COC(=O)NC(C)(C)C)cc4)c(-c4ccccc4)cc23)n[nH]1. The van der Waals surface area contributed by atoms with E-state index < -0.39 is 6.09 Å². The first-order valence-corrected chi connectivity index (χ1v) is 12.1. The minimum atomic E-state index is -0.440. The summed E-state index contributed by atoms with van der Waals surface area (Å²) in [6.07, 6.45) is 1.29. The van der Waals surface area contributed by atoms with Crippen molar-refractivity contribution in [1.82, 2.24) is 30.5 Å². The van der Waals surface area contributed by atoms with Crippen molar-refractivity contribution in [1.29, 1.82) is 0 Å². The fourth-order valence-electron chi connectivity index (χ4n) is 4.03. The molecule has 0 unspecified atom stereocenters. The zero-order valence-corrected chi connectivity index (χ0v) is 21.2. The Hall–Kier alpha value is -4.59. The third kappa shape index (κ3) is 5.48. The van der Waals surface area contributed by atoms with E-state index in [2.05, 4.69) is 43.7 Å². The summed E-state index contributed by atoms with van der Waals surface area (Å²) in [4.78, 5) is 26.1. The van der Waals surface area contributed by atoms with Crippen molar-refractivity contribution in [3.8, 4) is 33.9 Å². The van der Waals surface area contributed by atoms with Gasteiger partial charge in [-0.25, -0.2) is 14.8 Å². The van der Waals surface area contributed by atoms with E-state index in [1.165, 1.54) is 0 Å². The largest absolute Gasteiger partial charge is 0.445 e. The molecule has 37 heavy (non-hydrogen) atoms. The molecule has 5 rings (SSSR count). The van der Waals surface area contributed by atoms with Gasteiger partial charge in [0.2, 0.25) is 0 Å². The molecule has 0 saturated heterocycles. The summed E-state index contributed by atoms with van der Waals surface area (Å²) in [5, 5.41) is 10.9. The smallest absolute Gasteiger partial charge is 0.407 e. The second-order valence-electron chi connectivity index (χ2n) is 9.87. The van der Waals surface area contributed by atoms with Crippen LogP contribution in [0.25, 0.3) is 44.8 Å². The van der Waals surface area contributed by atoms with E-state index in [0.717, 1.165) is 44.7 Å². The second kappa shape index (κ2) is 9.81. The Labute approximate surface area is 215 Å². The summed E-state index contributed by atoms with van der Waals surface area (Å²) in [5.74, 6) is 1.26. The van der Waals surface area contributed by atoms with Crippen molar-refractivity contribution < 1.29 is 9.53 Å². The molecule has 0 saturated carbocycles. The van der Waals surface area contributed by atoms with Gasteiger partial charge in [-0.05, 0) is 51.0 Å². The van der Waals surface area contributed by atoms with Crippen LogP contribution in [0.3, 0.4) is 0 Å². The van der Waals surface area contributed by atoms with Gasteiger partial charge in [0.05, 0.1) is 11.2 Å². The molecule has 8 nitrogen and oxygen atoms in total. The Morgan fingerprint density at radius 1 is 0.946 bits per heavy atom. The van der Waals surface area contributed by atoms with Gasteiger partial charge in [0.25, 0.3) is 0 Å². The van der Waals surface area contributed by atoms with Crippen molar-refractivity contribution in [3.05, 3.63) is 84.3 Å². The quantitative estimate of drug-likeness (QED) is 0.308. The van der Waals surface area contributed by atoms with Crippen molar-refractivity contribution in [3.63, 3.8) is 0 Å². The van der Waals surface area contributed by atoms with E-state index in [1.54, 1.807) is 6.20 Å². The van der Waals surface area contributed by atoms with E-state index >= 15 is 0 Å². The maximum absolute atomic E-state index is 12.0. The van der Waals surface area contributed by atoms with E-state index in [-0.39, 0.29) is 12.1 Å². The monoisotopic (exact) mass is 492 g/mol. The van der Waals surface area contributed by atoms with Gasteiger partial charge in [-0.2, -0.15) is 5.10 Å². The van der Waals surface area contributed by atoms with Crippen LogP contribution in [0.1, 0.15) is 32.2 Å². The minimum Gasteiger partial charge on any atom is -0.445 e. The zero-order chi connectivity index (χ0) is 26.0. The first-order chi connectivity index (χ1) is 17.8. The van der Waals surface area contributed by atoms with Gasteiger partial charge in [-0.15, -0.1) is 0 Å². The number of amides is 1. The van der Waals surface area contributed by atoms with Gasteiger partial charge in [0.1, 0.15) is 18.1 Å². The summed E-state index contributed by atoms with van der Waals surface area (Å²) in [6.45, 7) is 7.78. The number of carbonyl (C=O) groups is 1. The Morgan fingerprint density at radius 2 is 1.70 bits per heavy atom. The summed E-state index contributed by atoms with van der Waals surface area (Å²) >= 11 is 0. The molecular formula is C29H28N6O2. The third-order valence-electron chi connectivity index (χ3n) is 5.71. The minimum absolute atomic E-state index is 0.185. The number of ether oxygens (including phenoxy) is 1. The molecule has 2 aromatic carbocycles. The molecule has 0 atom stereocenters. The number of aromatic nitrogens is 5. The van der Waals surface area contributed by atoms with Crippen molar-refractivity contribution >= 4 is 17.0 Å². The first-order valence-electron chi connectivity index (χ1n) is 12.1. The lowest BCUT2D eigenvalue weighted by atomic mass is 9.96. The topological polar surface area (TPSA) is 106 Å². The molecule has 0 bridgehead atoms. The van der Waals surface area contributed by atoms with Crippen molar-refractivity contribution in [2.45, 2.75) is 39.8 Å². The number of rotatable bonds is 5. The highest BCUT2D eigenvalue weighted by atomic mass is 16.5. The lowest BCUT2D eigenvalue weighted by molar-refractivity contribution is 0.131. The Bertz CT molecular complexity index is 1550.